The van der Waals surface area contributed by atoms with Crippen molar-refractivity contribution in [1.82, 2.24) is 15.2 Å². The fourth-order valence-electron chi connectivity index (χ4n) is 3.14. The highest BCUT2D eigenvalue weighted by Crippen LogP contribution is 2.14. The van der Waals surface area contributed by atoms with E-state index in [-0.39, 0.29) is 11.5 Å². The van der Waals surface area contributed by atoms with Crippen LogP contribution in [0.25, 0.3) is 6.08 Å². The molecule has 0 fully saturated rings. The number of hydrogen-bond donors (Lipinski definition) is 1. The normalized spacial score (nSPS) is 11.3. The molecule has 32 heavy (non-hydrogen) atoms. The molecule has 0 atom stereocenters. The summed E-state index contributed by atoms with van der Waals surface area (Å²) in [6.45, 7) is 8.54. The second-order valence-corrected chi connectivity index (χ2v) is 8.10. The van der Waals surface area contributed by atoms with Crippen LogP contribution in [0.5, 0.6) is 5.75 Å². The van der Waals surface area contributed by atoms with Gasteiger partial charge in [-0.15, -0.1) is 0 Å². The molecule has 0 bridgehead atoms. The first-order chi connectivity index (χ1) is 15.5. The summed E-state index contributed by atoms with van der Waals surface area (Å²) in [7, 11) is 0. The third-order valence-corrected chi connectivity index (χ3v) is 5.51. The standard InChI is InChI=1S/C25H31BrN4O2/c1-3-30(4-2)16-17-32-23-13-11-20(12-14-23)8-5-6-15-28-25(31)21(19-27)18-22-9-7-10-24(26)29-22/h7,9-14,18H,3-6,8,15-17H2,1-2H3,(H,28,31)/b21-18+. The van der Waals surface area contributed by atoms with E-state index in [4.69, 9.17) is 4.74 Å². The Labute approximate surface area is 199 Å². The molecule has 6 nitrogen and oxygen atoms in total. The maximum absolute atomic E-state index is 12.2. The number of hydrogen-bond acceptors (Lipinski definition) is 5. The number of carbonyl (C=O) groups excluding carboxylic acids is 1. The lowest BCUT2D eigenvalue weighted by Gasteiger charge is -2.18. The third kappa shape index (κ3) is 9.21. The first-order valence-electron chi connectivity index (χ1n) is 11.0. The van der Waals surface area contributed by atoms with Crippen LogP contribution in [-0.2, 0) is 11.2 Å². The van der Waals surface area contributed by atoms with Crippen LogP contribution >= 0.6 is 15.9 Å². The number of aryl methyl sites for hydroxylation is 1. The molecule has 1 amide bonds. The summed E-state index contributed by atoms with van der Waals surface area (Å²) in [6.07, 6.45) is 4.20. The number of nitrogens with zero attached hydrogens (tertiary/aromatic N) is 3. The second kappa shape index (κ2) is 14.4. The maximum Gasteiger partial charge on any atom is 0.262 e. The Morgan fingerprint density at radius 1 is 1.19 bits per heavy atom. The molecule has 2 rings (SSSR count). The fraction of sp³-hybridized carbons (Fsp3) is 0.400. The molecule has 0 spiro atoms. The molecule has 7 heteroatoms. The second-order valence-electron chi connectivity index (χ2n) is 7.29. The van der Waals surface area contributed by atoms with Crippen LogP contribution in [0.4, 0.5) is 0 Å². The molecular formula is C25H31BrN4O2. The predicted octanol–water partition coefficient (Wildman–Crippen LogP) is 4.61. The van der Waals surface area contributed by atoms with Gasteiger partial charge < -0.3 is 15.0 Å². The van der Waals surface area contributed by atoms with Gasteiger partial charge in [-0.2, -0.15) is 5.26 Å². The molecule has 0 aliphatic heterocycles. The number of nitrogens with one attached hydrogen (secondary N) is 1. The van der Waals surface area contributed by atoms with Gasteiger partial charge in [-0.05, 0) is 84.2 Å². The average Bonchev–Trinajstić information content (AvgIpc) is 2.81. The Morgan fingerprint density at radius 3 is 2.59 bits per heavy atom. The number of likely N-dealkylation sites (N-methyl/N-ethyl adjacent to an activating group) is 1. The van der Waals surface area contributed by atoms with Gasteiger partial charge in [-0.25, -0.2) is 4.98 Å². The quantitative estimate of drug-likeness (QED) is 0.189. The van der Waals surface area contributed by atoms with Gasteiger partial charge >= 0.3 is 0 Å². The Morgan fingerprint density at radius 2 is 1.94 bits per heavy atom. The lowest BCUT2D eigenvalue weighted by molar-refractivity contribution is -0.117. The third-order valence-electron chi connectivity index (χ3n) is 5.07. The molecule has 0 unspecified atom stereocenters. The summed E-state index contributed by atoms with van der Waals surface area (Å²) in [6, 6.07) is 15.5. The van der Waals surface area contributed by atoms with Crippen molar-refractivity contribution in [3.05, 3.63) is 63.9 Å². The molecule has 0 radical (unpaired) electrons. The number of carbonyl (C=O) groups is 1. The van der Waals surface area contributed by atoms with Crippen LogP contribution in [0.3, 0.4) is 0 Å². The van der Waals surface area contributed by atoms with Gasteiger partial charge in [0, 0.05) is 13.1 Å². The van der Waals surface area contributed by atoms with Crippen molar-refractivity contribution in [1.29, 1.82) is 5.26 Å². The van der Waals surface area contributed by atoms with Crippen molar-refractivity contribution in [3.63, 3.8) is 0 Å². The fourth-order valence-corrected chi connectivity index (χ4v) is 3.49. The number of benzene rings is 1. The summed E-state index contributed by atoms with van der Waals surface area (Å²) in [5, 5.41) is 12.1. The summed E-state index contributed by atoms with van der Waals surface area (Å²) < 4.78 is 6.47. The Kier molecular flexibility index (Phi) is 11.5. The summed E-state index contributed by atoms with van der Waals surface area (Å²) in [5.74, 6) is 0.518. The molecule has 170 valence electrons. The minimum atomic E-state index is -0.375. The highest BCUT2D eigenvalue weighted by atomic mass is 79.9. The van der Waals surface area contributed by atoms with Gasteiger partial charge in [0.05, 0.1) is 5.69 Å². The van der Waals surface area contributed by atoms with E-state index in [0.717, 1.165) is 44.6 Å². The number of amides is 1. The van der Waals surface area contributed by atoms with Crippen molar-refractivity contribution in [3.8, 4) is 11.8 Å². The van der Waals surface area contributed by atoms with Gasteiger partial charge in [0.2, 0.25) is 0 Å². The van der Waals surface area contributed by atoms with Crippen LogP contribution in [0.1, 0.15) is 37.9 Å². The average molecular weight is 499 g/mol. The summed E-state index contributed by atoms with van der Waals surface area (Å²) in [5.41, 5.74) is 1.85. The number of aromatic nitrogens is 1. The van der Waals surface area contributed by atoms with E-state index in [1.54, 1.807) is 18.2 Å². The van der Waals surface area contributed by atoms with E-state index in [2.05, 4.69) is 57.1 Å². The molecule has 0 saturated heterocycles. The van der Waals surface area contributed by atoms with Gasteiger partial charge in [0.1, 0.15) is 28.6 Å². The van der Waals surface area contributed by atoms with Crippen molar-refractivity contribution in [2.45, 2.75) is 33.1 Å². The zero-order valence-corrected chi connectivity index (χ0v) is 20.4. The topological polar surface area (TPSA) is 78.2 Å². The number of halogens is 1. The van der Waals surface area contributed by atoms with Crippen LogP contribution in [0, 0.1) is 11.3 Å². The van der Waals surface area contributed by atoms with E-state index in [9.17, 15) is 10.1 Å². The molecule has 1 aromatic heterocycles. The number of pyridine rings is 1. The van der Waals surface area contributed by atoms with Gasteiger partial charge in [-0.3, -0.25) is 4.79 Å². The van der Waals surface area contributed by atoms with Crippen LogP contribution in [-0.4, -0.2) is 48.6 Å². The summed E-state index contributed by atoms with van der Waals surface area (Å²) in [4.78, 5) is 18.8. The minimum absolute atomic E-state index is 0.0483. The lowest BCUT2D eigenvalue weighted by atomic mass is 10.1. The smallest absolute Gasteiger partial charge is 0.262 e. The maximum atomic E-state index is 12.2. The van der Waals surface area contributed by atoms with E-state index < -0.39 is 0 Å². The van der Waals surface area contributed by atoms with Crippen molar-refractivity contribution >= 4 is 27.9 Å². The zero-order chi connectivity index (χ0) is 23.2. The van der Waals surface area contributed by atoms with Gasteiger partial charge in [0.15, 0.2) is 0 Å². The number of ether oxygens (including phenoxy) is 1. The highest BCUT2D eigenvalue weighted by molar-refractivity contribution is 9.10. The molecule has 2 aromatic rings. The molecule has 0 aliphatic carbocycles. The molecule has 1 heterocycles. The van der Waals surface area contributed by atoms with E-state index in [1.165, 1.54) is 11.6 Å². The number of nitriles is 1. The van der Waals surface area contributed by atoms with Gasteiger partial charge in [-0.1, -0.05) is 32.0 Å². The van der Waals surface area contributed by atoms with Crippen molar-refractivity contribution in [2.24, 2.45) is 0 Å². The SMILES string of the molecule is CCN(CC)CCOc1ccc(CCCCNC(=O)/C(C#N)=C/c2cccc(Br)n2)cc1. The monoisotopic (exact) mass is 498 g/mol. The van der Waals surface area contributed by atoms with E-state index in [0.29, 0.717) is 23.4 Å². The van der Waals surface area contributed by atoms with E-state index >= 15 is 0 Å². The Bertz CT molecular complexity index is 918. The zero-order valence-electron chi connectivity index (χ0n) is 18.8. The highest BCUT2D eigenvalue weighted by Gasteiger charge is 2.09. The molecule has 1 N–H and O–H groups in total. The minimum Gasteiger partial charge on any atom is -0.492 e. The van der Waals surface area contributed by atoms with Crippen LogP contribution in [0.15, 0.2) is 52.6 Å². The first-order valence-corrected chi connectivity index (χ1v) is 11.8. The lowest BCUT2D eigenvalue weighted by Crippen LogP contribution is -2.27. The van der Waals surface area contributed by atoms with Crippen molar-refractivity contribution < 1.29 is 9.53 Å². The van der Waals surface area contributed by atoms with Crippen molar-refractivity contribution in [2.75, 3.05) is 32.8 Å². The van der Waals surface area contributed by atoms with Crippen LogP contribution < -0.4 is 10.1 Å². The molecule has 1 aromatic carbocycles. The Hall–Kier alpha value is -2.69. The Balaban J connectivity index is 1.68. The summed E-state index contributed by atoms with van der Waals surface area (Å²) >= 11 is 3.28. The van der Waals surface area contributed by atoms with Gasteiger partial charge in [0.25, 0.3) is 5.91 Å². The molecule has 0 aliphatic rings. The number of unbranched alkanes of at least 4 members (excludes halogenated alkanes) is 1. The van der Waals surface area contributed by atoms with Crippen LogP contribution in [0.2, 0.25) is 0 Å². The first kappa shape index (κ1) is 25.6. The molecular weight excluding hydrogens is 468 g/mol. The molecule has 0 saturated carbocycles. The predicted molar refractivity (Wildman–Crippen MR) is 131 cm³/mol. The largest absolute Gasteiger partial charge is 0.492 e. The number of rotatable bonds is 13. The van der Waals surface area contributed by atoms with E-state index in [1.807, 2.05) is 18.2 Å².